The van der Waals surface area contributed by atoms with Gasteiger partial charge in [0, 0.05) is 11.8 Å². The molecule has 7 heteroatoms. The minimum atomic E-state index is -0.549. The number of anilines is 1. The van der Waals surface area contributed by atoms with Crippen molar-refractivity contribution in [3.63, 3.8) is 0 Å². The number of ether oxygens (including phenoxy) is 2. The molecule has 0 aliphatic carbocycles. The van der Waals surface area contributed by atoms with E-state index in [2.05, 4.69) is 26.0 Å². The van der Waals surface area contributed by atoms with Crippen molar-refractivity contribution in [2.24, 2.45) is 0 Å². The van der Waals surface area contributed by atoms with Crippen LogP contribution in [0, 0.1) is 5.82 Å². The molecule has 2 aromatic carbocycles. The number of amides is 1. The van der Waals surface area contributed by atoms with Crippen LogP contribution in [0.1, 0.15) is 20.7 Å². The van der Waals surface area contributed by atoms with Crippen LogP contribution in [0.2, 0.25) is 0 Å². The zero-order valence-corrected chi connectivity index (χ0v) is 13.9. The van der Waals surface area contributed by atoms with Crippen molar-refractivity contribution in [3.8, 4) is 5.75 Å². The molecule has 2 rings (SSSR count). The summed E-state index contributed by atoms with van der Waals surface area (Å²) in [4.78, 5) is 23.8. The van der Waals surface area contributed by atoms with Crippen LogP contribution < -0.4 is 10.1 Å². The highest BCUT2D eigenvalue weighted by atomic mass is 79.9. The van der Waals surface area contributed by atoms with Gasteiger partial charge in [0.05, 0.1) is 24.3 Å². The Morgan fingerprint density at radius 2 is 1.87 bits per heavy atom. The van der Waals surface area contributed by atoms with Gasteiger partial charge in [-0.2, -0.15) is 0 Å². The lowest BCUT2D eigenvalue weighted by atomic mass is 10.1. The lowest BCUT2D eigenvalue weighted by Crippen LogP contribution is -2.13. The fraction of sp³-hybridized carbons (Fsp3) is 0.125. The maximum atomic E-state index is 13.5. The van der Waals surface area contributed by atoms with Crippen molar-refractivity contribution in [1.29, 1.82) is 0 Å². The fourth-order valence-electron chi connectivity index (χ4n) is 1.93. The number of esters is 1. The Bertz CT molecular complexity index is 764. The van der Waals surface area contributed by atoms with Gasteiger partial charge < -0.3 is 14.8 Å². The van der Waals surface area contributed by atoms with Gasteiger partial charge in [0.2, 0.25) is 0 Å². The first-order valence-corrected chi connectivity index (χ1v) is 7.29. The topological polar surface area (TPSA) is 64.6 Å². The summed E-state index contributed by atoms with van der Waals surface area (Å²) in [6.45, 7) is 0. The molecule has 0 radical (unpaired) electrons. The van der Waals surface area contributed by atoms with Crippen LogP contribution >= 0.6 is 15.9 Å². The molecule has 0 aliphatic heterocycles. The SMILES string of the molecule is COC(=O)c1ccc(NC(=O)c2cccc(F)c2Br)cc1OC. The molecule has 23 heavy (non-hydrogen) atoms. The number of hydrogen-bond acceptors (Lipinski definition) is 4. The molecule has 0 fully saturated rings. The Morgan fingerprint density at radius 3 is 2.52 bits per heavy atom. The summed E-state index contributed by atoms with van der Waals surface area (Å²) in [6, 6.07) is 8.66. The van der Waals surface area contributed by atoms with Gasteiger partial charge in [0.1, 0.15) is 17.1 Å². The van der Waals surface area contributed by atoms with E-state index in [4.69, 9.17) is 4.74 Å². The second-order valence-corrected chi connectivity index (χ2v) is 5.26. The Hall–Kier alpha value is -2.41. The Balaban J connectivity index is 2.28. The van der Waals surface area contributed by atoms with Crippen LogP contribution in [-0.2, 0) is 4.74 Å². The summed E-state index contributed by atoms with van der Waals surface area (Å²) in [5.74, 6) is -1.32. The van der Waals surface area contributed by atoms with E-state index in [-0.39, 0.29) is 21.3 Å². The van der Waals surface area contributed by atoms with Crippen molar-refractivity contribution in [1.82, 2.24) is 0 Å². The average Bonchev–Trinajstić information content (AvgIpc) is 2.56. The van der Waals surface area contributed by atoms with Gasteiger partial charge in [-0.25, -0.2) is 9.18 Å². The van der Waals surface area contributed by atoms with E-state index in [1.807, 2.05) is 0 Å². The lowest BCUT2D eigenvalue weighted by molar-refractivity contribution is 0.0597. The van der Waals surface area contributed by atoms with E-state index >= 15 is 0 Å². The van der Waals surface area contributed by atoms with Crippen LogP contribution in [-0.4, -0.2) is 26.1 Å². The van der Waals surface area contributed by atoms with Crippen LogP contribution in [0.25, 0.3) is 0 Å². The number of nitrogens with one attached hydrogen (secondary N) is 1. The molecule has 1 N–H and O–H groups in total. The number of carbonyl (C=O) groups excluding carboxylic acids is 2. The normalized spacial score (nSPS) is 10.1. The van der Waals surface area contributed by atoms with Crippen molar-refractivity contribution in [2.75, 3.05) is 19.5 Å². The third-order valence-corrected chi connectivity index (χ3v) is 3.87. The minimum absolute atomic E-state index is 0.0793. The molecule has 0 bridgehead atoms. The van der Waals surface area contributed by atoms with Crippen molar-refractivity contribution < 1.29 is 23.5 Å². The van der Waals surface area contributed by atoms with Gasteiger partial charge in [-0.3, -0.25) is 4.79 Å². The number of benzene rings is 2. The van der Waals surface area contributed by atoms with Gasteiger partial charge in [0.25, 0.3) is 5.91 Å². The van der Waals surface area contributed by atoms with Gasteiger partial charge in [-0.05, 0) is 40.2 Å². The minimum Gasteiger partial charge on any atom is -0.496 e. The second kappa shape index (κ2) is 7.23. The Morgan fingerprint density at radius 1 is 1.13 bits per heavy atom. The van der Waals surface area contributed by atoms with Crippen molar-refractivity contribution in [3.05, 3.63) is 57.8 Å². The van der Waals surface area contributed by atoms with E-state index in [9.17, 15) is 14.0 Å². The highest BCUT2D eigenvalue weighted by Gasteiger charge is 2.16. The Labute approximate surface area is 140 Å². The van der Waals surface area contributed by atoms with E-state index in [0.717, 1.165) is 0 Å². The van der Waals surface area contributed by atoms with E-state index < -0.39 is 17.7 Å². The Kier molecular flexibility index (Phi) is 5.33. The smallest absolute Gasteiger partial charge is 0.341 e. The summed E-state index contributed by atoms with van der Waals surface area (Å²) in [7, 11) is 2.66. The molecule has 0 aromatic heterocycles. The summed E-state index contributed by atoms with van der Waals surface area (Å²) in [6.07, 6.45) is 0. The maximum absolute atomic E-state index is 13.5. The molecule has 0 saturated heterocycles. The number of carbonyl (C=O) groups is 2. The first-order valence-electron chi connectivity index (χ1n) is 6.49. The largest absolute Gasteiger partial charge is 0.496 e. The highest BCUT2D eigenvalue weighted by Crippen LogP contribution is 2.26. The molecule has 120 valence electrons. The standard InChI is InChI=1S/C16H13BrFNO4/c1-22-13-8-9(6-7-10(13)16(21)23-2)19-15(20)11-4-3-5-12(18)14(11)17/h3-8H,1-2H3,(H,19,20). The van der Waals surface area contributed by atoms with Gasteiger partial charge in [-0.1, -0.05) is 6.07 Å². The monoisotopic (exact) mass is 381 g/mol. The molecule has 0 spiro atoms. The van der Waals surface area contributed by atoms with E-state index in [1.165, 1.54) is 50.6 Å². The highest BCUT2D eigenvalue weighted by molar-refractivity contribution is 9.10. The molecule has 2 aromatic rings. The zero-order valence-electron chi connectivity index (χ0n) is 12.4. The van der Waals surface area contributed by atoms with Crippen LogP contribution in [0.5, 0.6) is 5.75 Å². The summed E-state index contributed by atoms with van der Waals surface area (Å²) < 4.78 is 23.3. The van der Waals surface area contributed by atoms with Gasteiger partial charge >= 0.3 is 5.97 Å². The van der Waals surface area contributed by atoms with E-state index in [1.54, 1.807) is 0 Å². The quantitative estimate of drug-likeness (QED) is 0.821. The predicted octanol–water partition coefficient (Wildman–Crippen LogP) is 3.64. The molecule has 0 saturated carbocycles. The molecular weight excluding hydrogens is 369 g/mol. The van der Waals surface area contributed by atoms with Crippen LogP contribution in [0.3, 0.4) is 0 Å². The number of hydrogen-bond donors (Lipinski definition) is 1. The third kappa shape index (κ3) is 3.68. The van der Waals surface area contributed by atoms with Crippen molar-refractivity contribution in [2.45, 2.75) is 0 Å². The molecule has 0 aliphatic rings. The van der Waals surface area contributed by atoms with Crippen LogP contribution in [0.15, 0.2) is 40.9 Å². The molecular formula is C16H13BrFNO4. The first kappa shape index (κ1) is 17.0. The number of rotatable bonds is 4. The number of halogens is 2. The molecule has 0 unspecified atom stereocenters. The summed E-state index contributed by atoms with van der Waals surface area (Å²) in [5.41, 5.74) is 0.789. The summed E-state index contributed by atoms with van der Waals surface area (Å²) in [5, 5.41) is 2.62. The second-order valence-electron chi connectivity index (χ2n) is 4.46. The van der Waals surface area contributed by atoms with E-state index in [0.29, 0.717) is 5.69 Å². The average molecular weight is 382 g/mol. The molecule has 5 nitrogen and oxygen atoms in total. The van der Waals surface area contributed by atoms with Crippen LogP contribution in [0.4, 0.5) is 10.1 Å². The number of methoxy groups -OCH3 is 2. The van der Waals surface area contributed by atoms with Crippen molar-refractivity contribution >= 4 is 33.5 Å². The predicted molar refractivity (Wildman–Crippen MR) is 86.4 cm³/mol. The third-order valence-electron chi connectivity index (χ3n) is 3.06. The molecule has 0 heterocycles. The molecule has 0 atom stereocenters. The van der Waals surface area contributed by atoms with Gasteiger partial charge in [0.15, 0.2) is 0 Å². The summed E-state index contributed by atoms with van der Waals surface area (Å²) >= 11 is 3.04. The fourth-order valence-corrected chi connectivity index (χ4v) is 2.37. The first-order chi connectivity index (χ1) is 11.0. The zero-order chi connectivity index (χ0) is 17.0. The maximum Gasteiger partial charge on any atom is 0.341 e. The molecule has 1 amide bonds. The van der Waals surface area contributed by atoms with Gasteiger partial charge in [-0.15, -0.1) is 0 Å². The lowest BCUT2D eigenvalue weighted by Gasteiger charge is -2.11.